The molecule has 1 N–H and O–H groups in total. The summed E-state index contributed by atoms with van der Waals surface area (Å²) in [7, 11) is 0. The number of rotatable bonds is 5. The highest BCUT2D eigenvalue weighted by molar-refractivity contribution is 8.01. The molecule has 18 heavy (non-hydrogen) atoms. The summed E-state index contributed by atoms with van der Waals surface area (Å²) in [6.45, 7) is 7.08. The van der Waals surface area contributed by atoms with E-state index in [0.717, 1.165) is 20.9 Å². The summed E-state index contributed by atoms with van der Waals surface area (Å²) in [6.07, 6.45) is 1.91. The maximum absolute atomic E-state index is 4.42. The molecule has 0 spiro atoms. The lowest BCUT2D eigenvalue weighted by molar-refractivity contribution is 0.587. The Morgan fingerprint density at radius 2 is 2.17 bits per heavy atom. The van der Waals surface area contributed by atoms with Gasteiger partial charge in [-0.25, -0.2) is 4.98 Å². The third-order valence-corrected chi connectivity index (χ3v) is 4.05. The van der Waals surface area contributed by atoms with E-state index < -0.39 is 0 Å². The molecule has 2 heterocycles. The highest BCUT2D eigenvalue weighted by Gasteiger charge is 2.04. The second kappa shape index (κ2) is 6.26. The number of pyridine rings is 1. The average Bonchev–Trinajstić information content (AvgIpc) is 2.74. The zero-order chi connectivity index (χ0) is 13.0. The van der Waals surface area contributed by atoms with Gasteiger partial charge in [-0.05, 0) is 30.3 Å². The van der Waals surface area contributed by atoms with E-state index in [2.05, 4.69) is 40.4 Å². The standard InChI is InChI=1S/C12H16N4S2/c1-8(2)13-6-10-4-5-11(14-7-10)18-12-16-15-9(3)17-12/h4-5,7-8,13H,6H2,1-3H3. The first-order valence-electron chi connectivity index (χ1n) is 5.80. The van der Waals surface area contributed by atoms with Crippen LogP contribution in [0.2, 0.25) is 0 Å². The van der Waals surface area contributed by atoms with Crippen LogP contribution >= 0.6 is 23.1 Å². The zero-order valence-corrected chi connectivity index (χ0v) is 12.3. The molecule has 0 saturated carbocycles. The van der Waals surface area contributed by atoms with Gasteiger partial charge in [0.2, 0.25) is 0 Å². The molecule has 2 rings (SSSR count). The molecule has 0 aliphatic heterocycles. The summed E-state index contributed by atoms with van der Waals surface area (Å²) in [6, 6.07) is 4.61. The minimum Gasteiger partial charge on any atom is -0.310 e. The number of hydrogen-bond acceptors (Lipinski definition) is 6. The molecule has 2 aromatic rings. The molecule has 0 aliphatic rings. The van der Waals surface area contributed by atoms with Crippen molar-refractivity contribution in [3.8, 4) is 0 Å². The molecule has 6 heteroatoms. The first-order chi connectivity index (χ1) is 8.63. The average molecular weight is 280 g/mol. The zero-order valence-electron chi connectivity index (χ0n) is 10.7. The molecule has 0 aliphatic carbocycles. The first-order valence-corrected chi connectivity index (χ1v) is 7.43. The Hall–Kier alpha value is -0.980. The molecule has 0 fully saturated rings. The number of nitrogens with zero attached hydrogens (tertiary/aromatic N) is 3. The van der Waals surface area contributed by atoms with Crippen molar-refractivity contribution >= 4 is 23.1 Å². The van der Waals surface area contributed by atoms with E-state index in [-0.39, 0.29) is 0 Å². The number of hydrogen-bond donors (Lipinski definition) is 1. The monoisotopic (exact) mass is 280 g/mol. The van der Waals surface area contributed by atoms with Gasteiger partial charge >= 0.3 is 0 Å². The summed E-state index contributed by atoms with van der Waals surface area (Å²) in [5, 5.41) is 13.4. The van der Waals surface area contributed by atoms with E-state index >= 15 is 0 Å². The molecular weight excluding hydrogens is 264 g/mol. The van der Waals surface area contributed by atoms with Crippen LogP contribution in [-0.4, -0.2) is 21.2 Å². The van der Waals surface area contributed by atoms with Gasteiger partial charge in [-0.15, -0.1) is 10.2 Å². The molecule has 0 unspecified atom stereocenters. The van der Waals surface area contributed by atoms with Crippen molar-refractivity contribution in [2.24, 2.45) is 0 Å². The predicted octanol–water partition coefficient (Wildman–Crippen LogP) is 2.89. The van der Waals surface area contributed by atoms with Crippen molar-refractivity contribution in [2.45, 2.75) is 42.7 Å². The van der Waals surface area contributed by atoms with E-state index in [9.17, 15) is 0 Å². The van der Waals surface area contributed by atoms with Crippen LogP contribution in [0.15, 0.2) is 27.7 Å². The Labute approximate surface area is 115 Å². The lowest BCUT2D eigenvalue weighted by atomic mass is 10.2. The number of aromatic nitrogens is 3. The molecule has 2 aromatic heterocycles. The summed E-state index contributed by atoms with van der Waals surface area (Å²) in [4.78, 5) is 4.42. The van der Waals surface area contributed by atoms with Crippen LogP contribution < -0.4 is 5.32 Å². The molecule has 0 radical (unpaired) electrons. The Morgan fingerprint density at radius 1 is 1.33 bits per heavy atom. The fourth-order valence-corrected chi connectivity index (χ4v) is 3.01. The van der Waals surface area contributed by atoms with Gasteiger partial charge in [0.15, 0.2) is 4.34 Å². The van der Waals surface area contributed by atoms with Gasteiger partial charge < -0.3 is 5.32 Å². The Bertz CT molecular complexity index is 493. The van der Waals surface area contributed by atoms with Crippen LogP contribution in [0, 0.1) is 6.92 Å². The normalized spacial score (nSPS) is 11.1. The molecular formula is C12H16N4S2. The van der Waals surface area contributed by atoms with E-state index in [1.165, 1.54) is 5.56 Å². The topological polar surface area (TPSA) is 50.7 Å². The van der Waals surface area contributed by atoms with E-state index in [4.69, 9.17) is 0 Å². The van der Waals surface area contributed by atoms with Gasteiger partial charge in [-0.3, -0.25) is 0 Å². The third-order valence-electron chi connectivity index (χ3n) is 2.21. The van der Waals surface area contributed by atoms with Crippen molar-refractivity contribution in [3.63, 3.8) is 0 Å². The number of nitrogens with one attached hydrogen (secondary N) is 1. The van der Waals surface area contributed by atoms with E-state index in [0.29, 0.717) is 6.04 Å². The highest BCUT2D eigenvalue weighted by atomic mass is 32.2. The van der Waals surface area contributed by atoms with Crippen LogP contribution in [0.5, 0.6) is 0 Å². The van der Waals surface area contributed by atoms with Gasteiger partial charge in [0.05, 0.1) is 0 Å². The fourth-order valence-electron chi connectivity index (χ4n) is 1.31. The second-order valence-electron chi connectivity index (χ2n) is 4.23. The smallest absolute Gasteiger partial charge is 0.180 e. The SMILES string of the molecule is Cc1nnc(Sc2ccc(CNC(C)C)cn2)s1. The van der Waals surface area contributed by atoms with Gasteiger partial charge in [-0.1, -0.05) is 31.3 Å². The lowest BCUT2D eigenvalue weighted by Crippen LogP contribution is -2.21. The summed E-state index contributed by atoms with van der Waals surface area (Å²) in [5.41, 5.74) is 1.20. The summed E-state index contributed by atoms with van der Waals surface area (Å²) in [5.74, 6) is 0. The minimum absolute atomic E-state index is 0.489. The maximum atomic E-state index is 4.42. The van der Waals surface area contributed by atoms with Crippen LogP contribution in [0.25, 0.3) is 0 Å². The molecule has 0 atom stereocenters. The van der Waals surface area contributed by atoms with Crippen LogP contribution in [0.1, 0.15) is 24.4 Å². The summed E-state index contributed by atoms with van der Waals surface area (Å²) >= 11 is 3.14. The van der Waals surface area contributed by atoms with E-state index in [1.54, 1.807) is 23.1 Å². The lowest BCUT2D eigenvalue weighted by Gasteiger charge is -2.07. The number of aryl methyl sites for hydroxylation is 1. The maximum Gasteiger partial charge on any atom is 0.180 e. The fraction of sp³-hybridized carbons (Fsp3) is 0.417. The molecule has 0 amide bonds. The molecule has 96 valence electrons. The minimum atomic E-state index is 0.489. The van der Waals surface area contributed by atoms with Gasteiger partial charge in [0.1, 0.15) is 10.0 Å². The van der Waals surface area contributed by atoms with E-state index in [1.807, 2.05) is 19.2 Å². The molecule has 0 aromatic carbocycles. The largest absolute Gasteiger partial charge is 0.310 e. The molecule has 0 saturated heterocycles. The Morgan fingerprint density at radius 3 is 2.72 bits per heavy atom. The molecule has 0 bridgehead atoms. The highest BCUT2D eigenvalue weighted by Crippen LogP contribution is 2.28. The second-order valence-corrected chi connectivity index (χ2v) is 6.68. The summed E-state index contributed by atoms with van der Waals surface area (Å²) < 4.78 is 0.938. The van der Waals surface area contributed by atoms with Crippen LogP contribution in [0.4, 0.5) is 0 Å². The van der Waals surface area contributed by atoms with Gasteiger partial charge in [0.25, 0.3) is 0 Å². The first kappa shape index (κ1) is 13.5. The van der Waals surface area contributed by atoms with Crippen molar-refractivity contribution < 1.29 is 0 Å². The van der Waals surface area contributed by atoms with Crippen molar-refractivity contribution in [1.82, 2.24) is 20.5 Å². The van der Waals surface area contributed by atoms with Gasteiger partial charge in [-0.2, -0.15) is 0 Å². The van der Waals surface area contributed by atoms with Crippen molar-refractivity contribution in [2.75, 3.05) is 0 Å². The van der Waals surface area contributed by atoms with Crippen molar-refractivity contribution in [3.05, 3.63) is 28.9 Å². The van der Waals surface area contributed by atoms with Gasteiger partial charge in [0, 0.05) is 18.8 Å². The third kappa shape index (κ3) is 4.04. The van der Waals surface area contributed by atoms with Crippen LogP contribution in [-0.2, 0) is 6.54 Å². The quantitative estimate of drug-likeness (QED) is 0.912. The Kier molecular flexibility index (Phi) is 4.68. The Balaban J connectivity index is 1.95. The predicted molar refractivity (Wildman–Crippen MR) is 75.0 cm³/mol. The van der Waals surface area contributed by atoms with Crippen molar-refractivity contribution in [1.29, 1.82) is 0 Å². The molecule has 4 nitrogen and oxygen atoms in total. The van der Waals surface area contributed by atoms with Crippen LogP contribution in [0.3, 0.4) is 0 Å².